The standard InChI is InChI=1S/C27H38I2N2O4/c1-27(2,21-5-8-26(25(28)15-21)35-18-22(32)16-29-9-10-29)20-3-6-24(7-4-20)34-19-23(33)17-31-13-11-30-12-14-31/h3-8,15,22-23,30,32-33H,9-14,16-19H2,1-2H3/t22-,23+/m0/s1. The van der Waals surface area contributed by atoms with Crippen LogP contribution in [0, 0.1) is 3.57 Å². The zero-order valence-electron chi connectivity index (χ0n) is 20.7. The summed E-state index contributed by atoms with van der Waals surface area (Å²) in [5.74, 6) is 1.61. The number of β-amino-alcohol motifs (C(OH)–C–C–N with tert-alkyl or cyclic N) is 1. The van der Waals surface area contributed by atoms with Crippen LogP contribution in [0.5, 0.6) is 11.5 Å². The van der Waals surface area contributed by atoms with Crippen molar-refractivity contribution < 1.29 is 19.7 Å². The summed E-state index contributed by atoms with van der Waals surface area (Å²) in [5, 5.41) is 23.9. The summed E-state index contributed by atoms with van der Waals surface area (Å²) in [5.41, 5.74) is 2.22. The number of alkyl halides is 3. The van der Waals surface area contributed by atoms with Crippen LogP contribution in [0.25, 0.3) is 0 Å². The minimum absolute atomic E-state index is 0.184. The maximum atomic E-state index is 10.3. The molecule has 8 heteroatoms. The van der Waals surface area contributed by atoms with Crippen molar-refractivity contribution >= 4 is 42.4 Å². The monoisotopic (exact) mass is 708 g/mol. The number of hydrogen-bond acceptors (Lipinski definition) is 6. The molecule has 35 heavy (non-hydrogen) atoms. The van der Waals surface area contributed by atoms with Gasteiger partial charge in [-0.15, -0.1) is 0 Å². The number of hydrogen-bond donors (Lipinski definition) is 3. The predicted molar refractivity (Wildman–Crippen MR) is 159 cm³/mol. The van der Waals surface area contributed by atoms with Crippen molar-refractivity contribution in [2.75, 3.05) is 59.2 Å². The average Bonchev–Trinajstić information content (AvgIpc) is 3.67. The van der Waals surface area contributed by atoms with Crippen molar-refractivity contribution in [1.82, 2.24) is 10.2 Å². The molecule has 0 saturated carbocycles. The summed E-state index contributed by atoms with van der Waals surface area (Å²) in [6.07, 6.45) is -0.817. The van der Waals surface area contributed by atoms with Crippen LogP contribution in [0.2, 0.25) is 0 Å². The Bertz CT molecular complexity index is 947. The van der Waals surface area contributed by atoms with E-state index >= 15 is 0 Å². The second-order valence-corrected chi connectivity index (χ2v) is 17.3. The van der Waals surface area contributed by atoms with E-state index in [1.807, 2.05) is 18.2 Å². The number of aliphatic hydroxyl groups excluding tert-OH is 2. The number of halogens is 2. The summed E-state index contributed by atoms with van der Waals surface area (Å²) in [6.45, 7) is 9.66. The molecule has 2 fully saturated rings. The van der Waals surface area contributed by atoms with Crippen LogP contribution in [-0.2, 0) is 5.41 Å². The number of benzene rings is 2. The van der Waals surface area contributed by atoms with E-state index in [-0.39, 0.29) is 11.5 Å². The number of aliphatic hydroxyl groups is 2. The molecule has 0 amide bonds. The summed E-state index contributed by atoms with van der Waals surface area (Å²) in [7, 11) is 0. The summed E-state index contributed by atoms with van der Waals surface area (Å²) in [4.78, 5) is 2.27. The third-order valence-corrected chi connectivity index (χ3v) is 12.3. The number of nitrogens with one attached hydrogen (secondary N) is 1. The molecule has 0 aromatic heterocycles. The van der Waals surface area contributed by atoms with Crippen molar-refractivity contribution in [3.05, 3.63) is 57.2 Å². The second kappa shape index (κ2) is 12.7. The van der Waals surface area contributed by atoms with Gasteiger partial charge in [-0.25, -0.2) is 0 Å². The molecule has 2 aliphatic heterocycles. The number of ether oxygens (including phenoxy) is 2. The van der Waals surface area contributed by atoms with Gasteiger partial charge in [0, 0.05) is 32.7 Å². The minimum atomic E-state index is -0.721. The summed E-state index contributed by atoms with van der Waals surface area (Å²) < 4.78 is 16.7. The maximum absolute atomic E-state index is 10.3. The molecule has 0 bridgehead atoms. The van der Waals surface area contributed by atoms with Crippen LogP contribution in [0.3, 0.4) is 0 Å². The zero-order valence-corrected chi connectivity index (χ0v) is 25.0. The number of piperazine rings is 1. The number of rotatable bonds is 12. The van der Waals surface area contributed by atoms with E-state index in [0.29, 0.717) is 19.8 Å². The van der Waals surface area contributed by atoms with Crippen LogP contribution in [0.4, 0.5) is 0 Å². The van der Waals surface area contributed by atoms with Gasteiger partial charge in [0.2, 0.25) is 0 Å². The Labute approximate surface area is 230 Å². The molecule has 2 aromatic carbocycles. The van der Waals surface area contributed by atoms with Gasteiger partial charge in [-0.05, 0) is 0 Å². The molecule has 0 aliphatic carbocycles. The van der Waals surface area contributed by atoms with Crippen LogP contribution in [0.1, 0.15) is 25.0 Å². The molecule has 3 N–H and O–H groups in total. The fraction of sp³-hybridized carbons (Fsp3) is 0.556. The summed E-state index contributed by atoms with van der Waals surface area (Å²) >= 11 is 1.60. The fourth-order valence-corrected chi connectivity index (χ4v) is 9.73. The first-order chi connectivity index (χ1) is 16.8. The van der Waals surface area contributed by atoms with Crippen LogP contribution >= 0.6 is 42.4 Å². The molecule has 2 aliphatic rings. The van der Waals surface area contributed by atoms with Gasteiger partial charge < -0.3 is 15.2 Å². The van der Waals surface area contributed by atoms with Gasteiger partial charge in [0.15, 0.2) is 0 Å². The van der Waals surface area contributed by atoms with E-state index in [0.717, 1.165) is 45.7 Å². The van der Waals surface area contributed by atoms with Crippen LogP contribution in [0.15, 0.2) is 42.5 Å². The molecular weight excluding hydrogens is 670 g/mol. The third kappa shape index (κ3) is 8.16. The third-order valence-electron chi connectivity index (χ3n) is 6.63. The van der Waals surface area contributed by atoms with Gasteiger partial charge in [0.25, 0.3) is 0 Å². The molecule has 6 nitrogen and oxygen atoms in total. The van der Waals surface area contributed by atoms with Gasteiger partial charge in [0.1, 0.15) is 18.5 Å². The Hall–Kier alpha value is -0.660. The van der Waals surface area contributed by atoms with E-state index in [2.05, 4.69) is 70.9 Å². The van der Waals surface area contributed by atoms with E-state index in [4.69, 9.17) is 9.47 Å². The molecule has 0 spiro atoms. The molecule has 0 unspecified atom stereocenters. The molecule has 2 heterocycles. The van der Waals surface area contributed by atoms with Crippen molar-refractivity contribution in [2.24, 2.45) is 0 Å². The van der Waals surface area contributed by atoms with Crippen molar-refractivity contribution in [3.63, 3.8) is 0 Å². The van der Waals surface area contributed by atoms with Gasteiger partial charge in [-0.2, -0.15) is 0 Å². The van der Waals surface area contributed by atoms with Gasteiger partial charge in [-0.3, -0.25) is 4.90 Å². The van der Waals surface area contributed by atoms with E-state index in [9.17, 15) is 10.2 Å². The molecule has 2 atom stereocenters. The average molecular weight is 708 g/mol. The predicted octanol–water partition coefficient (Wildman–Crippen LogP) is 3.52. The van der Waals surface area contributed by atoms with Crippen molar-refractivity contribution in [2.45, 2.75) is 31.5 Å². The first-order valence-corrected chi connectivity index (χ1v) is 18.0. The molecule has 2 aromatic rings. The van der Waals surface area contributed by atoms with Gasteiger partial charge in [-0.1, -0.05) is 0 Å². The molecule has 4 rings (SSSR count). The van der Waals surface area contributed by atoms with E-state index in [1.54, 1.807) is 0 Å². The van der Waals surface area contributed by atoms with Gasteiger partial charge >= 0.3 is 160 Å². The van der Waals surface area contributed by atoms with Gasteiger partial charge in [0.05, 0.1) is 0 Å². The van der Waals surface area contributed by atoms with E-state index in [1.165, 1.54) is 20.0 Å². The Morgan fingerprint density at radius 2 is 1.63 bits per heavy atom. The fourth-order valence-electron chi connectivity index (χ4n) is 4.27. The van der Waals surface area contributed by atoms with Crippen LogP contribution in [-0.4, -0.2) is 86.5 Å². The Kier molecular flexibility index (Phi) is 9.96. The quantitative estimate of drug-likeness (QED) is 0.232. The second-order valence-electron chi connectivity index (χ2n) is 9.87. The first-order valence-electron chi connectivity index (χ1n) is 12.3. The Balaban J connectivity index is 1.30. The molecule has 2 saturated heterocycles. The van der Waals surface area contributed by atoms with Crippen molar-refractivity contribution in [3.8, 4) is 11.5 Å². The molecular formula is C27H38I2N2O4. The summed E-state index contributed by atoms with van der Waals surface area (Å²) in [6, 6.07) is 14.5. The zero-order chi connectivity index (χ0) is 24.8. The van der Waals surface area contributed by atoms with Crippen molar-refractivity contribution in [1.29, 1.82) is 0 Å². The Morgan fingerprint density at radius 1 is 0.971 bits per heavy atom. The molecule has 194 valence electrons. The van der Waals surface area contributed by atoms with Crippen LogP contribution < -0.4 is 14.8 Å². The van der Waals surface area contributed by atoms with E-state index < -0.39 is 25.9 Å². The number of nitrogens with zero attached hydrogens (tertiary/aromatic N) is 1. The molecule has 0 radical (unpaired) electrons. The SMILES string of the molecule is CC(C)(c1ccc(OC[C@H](O)CN2CCNCC2)cc1)c1ccc(OC[C@@H](O)CI2CC2)c(I)c1. The Morgan fingerprint density at radius 3 is 2.29 bits per heavy atom. The normalized spacial score (nSPS) is 19.3. The first kappa shape index (κ1) is 27.4. The topological polar surface area (TPSA) is 74.2 Å².